The molecule has 1 saturated carbocycles. The third kappa shape index (κ3) is 6.96. The van der Waals surface area contributed by atoms with E-state index in [0.29, 0.717) is 35.4 Å². The number of nitrogens with zero attached hydrogens (tertiary/aromatic N) is 5. The zero-order valence-corrected chi connectivity index (χ0v) is 24.4. The molecule has 1 saturated heterocycles. The van der Waals surface area contributed by atoms with E-state index in [9.17, 15) is 18.4 Å². The molecule has 228 valence electrons. The Balaban J connectivity index is 1.01. The Morgan fingerprint density at radius 3 is 2.45 bits per heavy atom. The van der Waals surface area contributed by atoms with Gasteiger partial charge in [0.25, 0.3) is 5.92 Å². The summed E-state index contributed by atoms with van der Waals surface area (Å²) in [6, 6.07) is 16.9. The van der Waals surface area contributed by atoms with Gasteiger partial charge in [-0.1, -0.05) is 66.2 Å². The zero-order chi connectivity index (χ0) is 30.7. The van der Waals surface area contributed by atoms with E-state index in [-0.39, 0.29) is 25.3 Å². The zero-order valence-electron chi connectivity index (χ0n) is 23.6. The number of benzene rings is 2. The number of carbonyl (C=O) groups excluding carboxylic acids is 2. The van der Waals surface area contributed by atoms with Crippen molar-refractivity contribution >= 4 is 35.2 Å². The first-order valence-electron chi connectivity index (χ1n) is 14.3. The van der Waals surface area contributed by atoms with Gasteiger partial charge in [0.2, 0.25) is 11.9 Å². The maximum Gasteiger partial charge on any atom is 0.410 e. The van der Waals surface area contributed by atoms with Gasteiger partial charge in [-0.15, -0.1) is 0 Å². The Kier molecular flexibility index (Phi) is 8.42. The van der Waals surface area contributed by atoms with Crippen LogP contribution in [-0.2, 0) is 22.7 Å². The van der Waals surface area contributed by atoms with Gasteiger partial charge in [-0.3, -0.25) is 9.48 Å². The van der Waals surface area contributed by atoms with Crippen LogP contribution in [0.15, 0.2) is 73.2 Å². The average Bonchev–Trinajstić information content (AvgIpc) is 3.44. The molecule has 2 aromatic carbocycles. The fourth-order valence-electron chi connectivity index (χ4n) is 5.08. The molecule has 0 unspecified atom stereocenters. The van der Waals surface area contributed by atoms with Gasteiger partial charge in [0.15, 0.2) is 0 Å². The van der Waals surface area contributed by atoms with Crippen LogP contribution < -0.4 is 10.6 Å². The summed E-state index contributed by atoms with van der Waals surface area (Å²) in [5, 5.41) is 10.6. The summed E-state index contributed by atoms with van der Waals surface area (Å²) in [6.07, 6.45) is 5.87. The van der Waals surface area contributed by atoms with E-state index < -0.39 is 24.2 Å². The smallest absolute Gasteiger partial charge is 0.410 e. The van der Waals surface area contributed by atoms with Gasteiger partial charge >= 0.3 is 6.09 Å². The van der Waals surface area contributed by atoms with Crippen LogP contribution in [0, 0.1) is 5.92 Å². The van der Waals surface area contributed by atoms with Crippen LogP contribution >= 0.6 is 11.6 Å². The first-order chi connectivity index (χ1) is 21.2. The van der Waals surface area contributed by atoms with Crippen molar-refractivity contribution in [2.24, 2.45) is 5.92 Å². The number of anilines is 2. The maximum atomic E-state index is 13.1. The van der Waals surface area contributed by atoms with Crippen molar-refractivity contribution in [2.45, 2.75) is 44.4 Å². The number of hydrogen-bond acceptors (Lipinski definition) is 7. The Labute approximate surface area is 257 Å². The third-order valence-corrected chi connectivity index (χ3v) is 8.02. The summed E-state index contributed by atoms with van der Waals surface area (Å²) in [5.74, 6) is -4.42. The molecule has 0 bridgehead atoms. The number of ether oxygens (including phenoxy) is 1. The second-order valence-corrected chi connectivity index (χ2v) is 11.3. The number of piperidine rings is 1. The number of likely N-dealkylation sites (tertiary alicyclic amines) is 1. The van der Waals surface area contributed by atoms with Crippen LogP contribution in [0.5, 0.6) is 0 Å². The Morgan fingerprint density at radius 2 is 1.75 bits per heavy atom. The Morgan fingerprint density at radius 1 is 1.02 bits per heavy atom. The minimum absolute atomic E-state index is 0.134. The number of alkyl halides is 2. The Bertz CT molecular complexity index is 1630. The van der Waals surface area contributed by atoms with Crippen molar-refractivity contribution in [1.82, 2.24) is 30.0 Å². The van der Waals surface area contributed by atoms with E-state index >= 15 is 0 Å². The summed E-state index contributed by atoms with van der Waals surface area (Å²) in [4.78, 5) is 34.9. The van der Waals surface area contributed by atoms with Gasteiger partial charge < -0.3 is 20.3 Å². The largest absolute Gasteiger partial charge is 0.445 e. The molecule has 3 heterocycles. The third-order valence-electron chi connectivity index (χ3n) is 7.74. The number of hydrogen-bond donors (Lipinski definition) is 2. The van der Waals surface area contributed by atoms with E-state index in [0.717, 1.165) is 29.5 Å². The number of rotatable bonds is 9. The molecule has 6 rings (SSSR count). The standard InChI is InChI=1S/C31H30ClF2N7O3/c32-26-17-36-29(39-27(26)22-8-6-20(7-9-22)15-35-28(42)25-14-31(25,33)34)38-23-16-37-41(18-23)24-10-12-40(13-11-24)30(43)44-19-21-4-2-1-3-5-21/h1-9,16-18,24-25H,10-15,19H2,(H,35,42)(H,36,38,39)/t25-/m0/s1. The second-order valence-electron chi connectivity index (χ2n) is 10.9. The second kappa shape index (κ2) is 12.6. The first kappa shape index (κ1) is 29.5. The predicted molar refractivity (Wildman–Crippen MR) is 159 cm³/mol. The van der Waals surface area contributed by atoms with Crippen molar-refractivity contribution in [2.75, 3.05) is 18.4 Å². The van der Waals surface area contributed by atoms with Gasteiger partial charge in [0, 0.05) is 37.8 Å². The molecule has 44 heavy (non-hydrogen) atoms. The monoisotopic (exact) mass is 621 g/mol. The Hall–Kier alpha value is -4.58. The number of carbonyl (C=O) groups is 2. The molecule has 13 heteroatoms. The molecule has 2 fully saturated rings. The summed E-state index contributed by atoms with van der Waals surface area (Å²) in [6.45, 7) is 1.55. The fourth-order valence-corrected chi connectivity index (χ4v) is 5.28. The molecule has 0 spiro atoms. The van der Waals surface area contributed by atoms with E-state index in [4.69, 9.17) is 16.3 Å². The maximum absolute atomic E-state index is 13.1. The van der Waals surface area contributed by atoms with E-state index in [1.807, 2.05) is 41.2 Å². The van der Waals surface area contributed by atoms with Crippen molar-refractivity contribution in [1.29, 1.82) is 0 Å². The molecule has 2 aromatic heterocycles. The molecule has 2 amide bonds. The average molecular weight is 622 g/mol. The molecule has 1 atom stereocenters. The normalized spacial score (nSPS) is 17.6. The number of aromatic nitrogens is 4. The van der Waals surface area contributed by atoms with Gasteiger partial charge in [0.05, 0.1) is 34.8 Å². The molecular formula is C31H30ClF2N7O3. The lowest BCUT2D eigenvalue weighted by Gasteiger charge is -2.31. The highest BCUT2D eigenvalue weighted by atomic mass is 35.5. The molecule has 1 aliphatic heterocycles. The molecule has 4 aromatic rings. The van der Waals surface area contributed by atoms with Crippen LogP contribution in [0.4, 0.5) is 25.2 Å². The van der Waals surface area contributed by atoms with Gasteiger partial charge in [-0.2, -0.15) is 5.10 Å². The minimum Gasteiger partial charge on any atom is -0.445 e. The summed E-state index contributed by atoms with van der Waals surface area (Å²) < 4.78 is 33.5. The van der Waals surface area contributed by atoms with Crippen LogP contribution in [0.1, 0.15) is 36.4 Å². The lowest BCUT2D eigenvalue weighted by Crippen LogP contribution is -2.39. The molecule has 2 aliphatic rings. The topological polar surface area (TPSA) is 114 Å². The van der Waals surface area contributed by atoms with Crippen molar-refractivity contribution in [3.8, 4) is 11.3 Å². The van der Waals surface area contributed by atoms with Crippen molar-refractivity contribution in [3.05, 3.63) is 89.3 Å². The number of nitrogens with one attached hydrogen (secondary N) is 2. The summed E-state index contributed by atoms with van der Waals surface area (Å²) in [5.41, 5.74) is 3.66. The molecule has 10 nitrogen and oxygen atoms in total. The minimum atomic E-state index is -2.89. The van der Waals surface area contributed by atoms with Crippen LogP contribution in [0.3, 0.4) is 0 Å². The van der Waals surface area contributed by atoms with E-state index in [1.165, 1.54) is 6.20 Å². The number of halogens is 3. The highest BCUT2D eigenvalue weighted by molar-refractivity contribution is 6.32. The molecule has 2 N–H and O–H groups in total. The van der Waals surface area contributed by atoms with Gasteiger partial charge in [-0.25, -0.2) is 23.5 Å². The summed E-state index contributed by atoms with van der Waals surface area (Å²) >= 11 is 6.40. The lowest BCUT2D eigenvalue weighted by atomic mass is 10.1. The lowest BCUT2D eigenvalue weighted by molar-refractivity contribution is -0.124. The van der Waals surface area contributed by atoms with Gasteiger partial charge in [0.1, 0.15) is 12.5 Å². The van der Waals surface area contributed by atoms with Crippen molar-refractivity contribution in [3.63, 3.8) is 0 Å². The SMILES string of the molecule is O=C(NCc1ccc(-c2nc(Nc3cnn(C4CCN(C(=O)OCc5ccccc5)CC4)c3)ncc2Cl)cc1)[C@@H]1CC1(F)F. The van der Waals surface area contributed by atoms with Crippen LogP contribution in [0.25, 0.3) is 11.3 Å². The van der Waals surface area contributed by atoms with E-state index in [2.05, 4.69) is 25.7 Å². The molecule has 0 radical (unpaired) electrons. The van der Waals surface area contributed by atoms with Crippen LogP contribution in [-0.4, -0.2) is 55.7 Å². The quantitative estimate of drug-likeness (QED) is 0.236. The van der Waals surface area contributed by atoms with Crippen molar-refractivity contribution < 1.29 is 23.1 Å². The van der Waals surface area contributed by atoms with E-state index in [1.54, 1.807) is 35.4 Å². The first-order valence-corrected chi connectivity index (χ1v) is 14.7. The number of amides is 2. The molecule has 1 aliphatic carbocycles. The summed E-state index contributed by atoms with van der Waals surface area (Å²) in [7, 11) is 0. The molecular weight excluding hydrogens is 592 g/mol. The fraction of sp³-hybridized carbons (Fsp3) is 0.323. The van der Waals surface area contributed by atoms with Gasteiger partial charge in [-0.05, 0) is 24.0 Å². The highest BCUT2D eigenvalue weighted by Crippen LogP contribution is 2.48. The highest BCUT2D eigenvalue weighted by Gasteiger charge is 2.61. The van der Waals surface area contributed by atoms with Crippen LogP contribution in [0.2, 0.25) is 5.02 Å². The predicted octanol–water partition coefficient (Wildman–Crippen LogP) is 5.98.